The Bertz CT molecular complexity index is 893. The van der Waals surface area contributed by atoms with E-state index in [4.69, 9.17) is 4.74 Å². The fourth-order valence-corrected chi connectivity index (χ4v) is 4.77. The third-order valence-corrected chi connectivity index (χ3v) is 6.60. The fraction of sp³-hybridized carbons (Fsp3) is 0.350. The molecule has 0 aromatic heterocycles. The summed E-state index contributed by atoms with van der Waals surface area (Å²) in [4.78, 5) is 12.6. The van der Waals surface area contributed by atoms with Crippen LogP contribution in [0.1, 0.15) is 30.1 Å². The predicted molar refractivity (Wildman–Crippen MR) is 105 cm³/mol. The number of piperidine rings is 1. The Balaban J connectivity index is 1.71. The molecular weight excluding hydrogens is 364 g/mol. The van der Waals surface area contributed by atoms with E-state index in [9.17, 15) is 13.2 Å². The molecule has 1 saturated heterocycles. The fourth-order valence-electron chi connectivity index (χ4n) is 3.17. The number of hydrogen-bond acceptors (Lipinski definition) is 4. The SMILES string of the molecule is COc1ccc(NC(=O)c2ccc(S(=O)(=O)N3CCCC(C)C3)cc2)cc1. The normalized spacial score (nSPS) is 18.1. The van der Waals surface area contributed by atoms with Gasteiger partial charge in [0, 0.05) is 24.3 Å². The molecule has 1 aliphatic heterocycles. The van der Waals surface area contributed by atoms with Crippen LogP contribution in [0.2, 0.25) is 0 Å². The van der Waals surface area contributed by atoms with Crippen LogP contribution >= 0.6 is 0 Å². The number of sulfonamides is 1. The molecule has 0 radical (unpaired) electrons. The van der Waals surface area contributed by atoms with Crippen molar-refractivity contribution in [2.24, 2.45) is 5.92 Å². The van der Waals surface area contributed by atoms with E-state index in [1.165, 1.54) is 16.4 Å². The molecule has 2 aromatic rings. The van der Waals surface area contributed by atoms with Gasteiger partial charge in [0.05, 0.1) is 12.0 Å². The molecule has 1 N–H and O–H groups in total. The van der Waals surface area contributed by atoms with E-state index in [-0.39, 0.29) is 10.8 Å². The molecule has 27 heavy (non-hydrogen) atoms. The van der Waals surface area contributed by atoms with Gasteiger partial charge in [0.25, 0.3) is 5.91 Å². The lowest BCUT2D eigenvalue weighted by atomic mass is 10.0. The summed E-state index contributed by atoms with van der Waals surface area (Å²) >= 11 is 0. The van der Waals surface area contributed by atoms with Crippen LogP contribution in [0.15, 0.2) is 53.4 Å². The maximum absolute atomic E-state index is 12.8. The molecule has 144 valence electrons. The van der Waals surface area contributed by atoms with Crippen molar-refractivity contribution in [1.29, 1.82) is 0 Å². The zero-order chi connectivity index (χ0) is 19.4. The number of nitrogens with one attached hydrogen (secondary N) is 1. The summed E-state index contributed by atoms with van der Waals surface area (Å²) < 4.78 is 32.2. The third kappa shape index (κ3) is 4.48. The Morgan fingerprint density at radius 2 is 1.78 bits per heavy atom. The summed E-state index contributed by atoms with van der Waals surface area (Å²) in [5.41, 5.74) is 1.04. The average Bonchev–Trinajstić information content (AvgIpc) is 2.68. The van der Waals surface area contributed by atoms with Gasteiger partial charge in [-0.2, -0.15) is 4.31 Å². The summed E-state index contributed by atoms with van der Waals surface area (Å²) in [5, 5.41) is 2.78. The van der Waals surface area contributed by atoms with Crippen molar-refractivity contribution in [2.75, 3.05) is 25.5 Å². The number of amides is 1. The molecule has 0 spiro atoms. The minimum Gasteiger partial charge on any atom is -0.497 e. The molecular formula is C20H24N2O4S. The van der Waals surface area contributed by atoms with Crippen molar-refractivity contribution in [3.05, 3.63) is 54.1 Å². The highest BCUT2D eigenvalue weighted by Crippen LogP contribution is 2.24. The van der Waals surface area contributed by atoms with Gasteiger partial charge in [0.2, 0.25) is 10.0 Å². The zero-order valence-electron chi connectivity index (χ0n) is 15.5. The first-order valence-electron chi connectivity index (χ1n) is 8.96. The molecule has 7 heteroatoms. The van der Waals surface area contributed by atoms with E-state index in [1.807, 2.05) is 0 Å². The number of rotatable bonds is 5. The standard InChI is InChI=1S/C20H24N2O4S/c1-15-4-3-13-22(14-15)27(24,25)19-11-5-16(6-12-19)20(23)21-17-7-9-18(26-2)10-8-17/h5-12,15H,3-4,13-14H2,1-2H3,(H,21,23). The van der Waals surface area contributed by atoms with Gasteiger partial charge in [-0.1, -0.05) is 6.92 Å². The maximum atomic E-state index is 12.8. The van der Waals surface area contributed by atoms with Gasteiger partial charge in [0.1, 0.15) is 5.75 Å². The van der Waals surface area contributed by atoms with Crippen molar-refractivity contribution in [2.45, 2.75) is 24.7 Å². The second kappa shape index (κ2) is 8.10. The minimum atomic E-state index is -3.52. The molecule has 6 nitrogen and oxygen atoms in total. The summed E-state index contributed by atoms with van der Waals surface area (Å²) in [6.45, 7) is 3.16. The van der Waals surface area contributed by atoms with Gasteiger partial charge < -0.3 is 10.1 Å². The van der Waals surface area contributed by atoms with Gasteiger partial charge in [0.15, 0.2) is 0 Å². The second-order valence-electron chi connectivity index (χ2n) is 6.82. The highest BCUT2D eigenvalue weighted by atomic mass is 32.2. The molecule has 2 aromatic carbocycles. The van der Waals surface area contributed by atoms with E-state index in [2.05, 4.69) is 12.2 Å². The van der Waals surface area contributed by atoms with Gasteiger partial charge in [-0.25, -0.2) is 8.42 Å². The first-order chi connectivity index (χ1) is 12.9. The number of hydrogen-bond donors (Lipinski definition) is 1. The van der Waals surface area contributed by atoms with Crippen molar-refractivity contribution >= 4 is 21.6 Å². The molecule has 1 aliphatic rings. The lowest BCUT2D eigenvalue weighted by Gasteiger charge is -2.30. The number of methoxy groups -OCH3 is 1. The van der Waals surface area contributed by atoms with Crippen LogP contribution in [0.5, 0.6) is 5.75 Å². The lowest BCUT2D eigenvalue weighted by molar-refractivity contribution is 0.102. The zero-order valence-corrected chi connectivity index (χ0v) is 16.3. The molecule has 1 amide bonds. The van der Waals surface area contributed by atoms with E-state index >= 15 is 0 Å². The molecule has 1 fully saturated rings. The van der Waals surface area contributed by atoms with Crippen LogP contribution in [0.4, 0.5) is 5.69 Å². The Labute approximate surface area is 160 Å². The number of nitrogens with zero attached hydrogens (tertiary/aromatic N) is 1. The molecule has 1 heterocycles. The third-order valence-electron chi connectivity index (χ3n) is 4.72. The molecule has 0 saturated carbocycles. The largest absolute Gasteiger partial charge is 0.497 e. The van der Waals surface area contributed by atoms with Crippen molar-refractivity contribution in [3.63, 3.8) is 0 Å². The van der Waals surface area contributed by atoms with E-state index in [1.54, 1.807) is 43.5 Å². The smallest absolute Gasteiger partial charge is 0.255 e. The molecule has 1 atom stereocenters. The second-order valence-corrected chi connectivity index (χ2v) is 8.76. The van der Waals surface area contributed by atoms with Crippen LogP contribution in [0.3, 0.4) is 0 Å². The molecule has 1 unspecified atom stereocenters. The number of carbonyl (C=O) groups excluding carboxylic acids is 1. The van der Waals surface area contributed by atoms with E-state index in [0.29, 0.717) is 36.0 Å². The van der Waals surface area contributed by atoms with E-state index < -0.39 is 10.0 Å². The Hall–Kier alpha value is -2.38. The Kier molecular flexibility index (Phi) is 5.82. The van der Waals surface area contributed by atoms with Crippen LogP contribution in [0.25, 0.3) is 0 Å². The predicted octanol–water partition coefficient (Wildman–Crippen LogP) is 3.37. The Morgan fingerprint density at radius 3 is 2.37 bits per heavy atom. The number of benzene rings is 2. The first-order valence-corrected chi connectivity index (χ1v) is 10.4. The summed E-state index contributed by atoms with van der Waals surface area (Å²) in [6.07, 6.45) is 1.93. The quantitative estimate of drug-likeness (QED) is 0.852. The highest BCUT2D eigenvalue weighted by molar-refractivity contribution is 7.89. The molecule has 0 bridgehead atoms. The summed E-state index contributed by atoms with van der Waals surface area (Å²) in [7, 11) is -1.94. The molecule has 0 aliphatic carbocycles. The van der Waals surface area contributed by atoms with Crippen LogP contribution in [-0.2, 0) is 10.0 Å². The van der Waals surface area contributed by atoms with Gasteiger partial charge in [-0.15, -0.1) is 0 Å². The number of anilines is 1. The lowest BCUT2D eigenvalue weighted by Crippen LogP contribution is -2.39. The first kappa shape index (κ1) is 19.4. The Morgan fingerprint density at radius 1 is 1.11 bits per heavy atom. The van der Waals surface area contributed by atoms with Crippen molar-refractivity contribution < 1.29 is 17.9 Å². The van der Waals surface area contributed by atoms with Gasteiger partial charge >= 0.3 is 0 Å². The van der Waals surface area contributed by atoms with Crippen LogP contribution < -0.4 is 10.1 Å². The maximum Gasteiger partial charge on any atom is 0.255 e. The van der Waals surface area contributed by atoms with Crippen LogP contribution in [0, 0.1) is 5.92 Å². The van der Waals surface area contributed by atoms with Gasteiger partial charge in [-0.3, -0.25) is 4.79 Å². The van der Waals surface area contributed by atoms with E-state index in [0.717, 1.165) is 12.8 Å². The summed E-state index contributed by atoms with van der Waals surface area (Å²) in [6, 6.07) is 13.1. The summed E-state index contributed by atoms with van der Waals surface area (Å²) in [5.74, 6) is 0.772. The molecule has 3 rings (SSSR count). The monoisotopic (exact) mass is 388 g/mol. The minimum absolute atomic E-state index is 0.220. The van der Waals surface area contributed by atoms with Gasteiger partial charge in [-0.05, 0) is 67.3 Å². The van der Waals surface area contributed by atoms with Crippen LogP contribution in [-0.4, -0.2) is 38.8 Å². The average molecular weight is 388 g/mol. The van der Waals surface area contributed by atoms with Crippen molar-refractivity contribution in [1.82, 2.24) is 4.31 Å². The highest BCUT2D eigenvalue weighted by Gasteiger charge is 2.28. The number of ether oxygens (including phenoxy) is 1. The van der Waals surface area contributed by atoms with Crippen molar-refractivity contribution in [3.8, 4) is 5.75 Å². The topological polar surface area (TPSA) is 75.7 Å². The number of carbonyl (C=O) groups is 1.